The first-order valence-electron chi connectivity index (χ1n) is 8.86. The highest BCUT2D eigenvalue weighted by Gasteiger charge is 2.46. The third kappa shape index (κ3) is 6.77. The third-order valence-corrected chi connectivity index (χ3v) is 4.83. The number of H-pyrrole nitrogens is 1. The van der Waals surface area contributed by atoms with Crippen LogP contribution >= 0.6 is 11.6 Å². The monoisotopic (exact) mass is 389 g/mol. The Morgan fingerprint density at radius 2 is 2.00 bits per heavy atom. The number of halogens is 2. The number of hydrogen-bond donors (Lipinski definition) is 2. The van der Waals surface area contributed by atoms with E-state index in [1.54, 1.807) is 12.3 Å². The van der Waals surface area contributed by atoms with Crippen molar-refractivity contribution < 1.29 is 4.39 Å². The summed E-state index contributed by atoms with van der Waals surface area (Å²) < 4.78 is 12.8. The summed E-state index contributed by atoms with van der Waals surface area (Å²) in [5.74, 6) is 1.43. The van der Waals surface area contributed by atoms with Gasteiger partial charge in [0.15, 0.2) is 0 Å². The summed E-state index contributed by atoms with van der Waals surface area (Å²) in [5, 5.41) is 3.34. The molecule has 1 aromatic carbocycles. The Morgan fingerprint density at radius 3 is 2.41 bits per heavy atom. The summed E-state index contributed by atoms with van der Waals surface area (Å²) in [6.07, 6.45) is 11.0. The van der Waals surface area contributed by atoms with Gasteiger partial charge in [-0.05, 0) is 48.3 Å². The van der Waals surface area contributed by atoms with E-state index in [4.69, 9.17) is 11.6 Å². The van der Waals surface area contributed by atoms with Crippen LogP contribution in [0.5, 0.6) is 0 Å². The minimum atomic E-state index is -0.330. The molecule has 27 heavy (non-hydrogen) atoms. The van der Waals surface area contributed by atoms with Gasteiger partial charge in [-0.3, -0.25) is 0 Å². The van der Waals surface area contributed by atoms with E-state index in [9.17, 15) is 4.39 Å². The molecule has 1 aliphatic carbocycles. The Morgan fingerprint density at radius 1 is 1.41 bits per heavy atom. The maximum Gasteiger partial charge on any atom is 0.204 e. The summed E-state index contributed by atoms with van der Waals surface area (Å²) in [4.78, 5) is 7.19. The van der Waals surface area contributed by atoms with Crippen molar-refractivity contribution in [2.45, 2.75) is 47.0 Å². The number of allylic oxidation sites excluding steroid dienone is 1. The number of aryl methyl sites for hydroxylation is 1. The van der Waals surface area contributed by atoms with Crippen LogP contribution in [0, 0.1) is 36.9 Å². The summed E-state index contributed by atoms with van der Waals surface area (Å²) in [6, 6.07) is 5.03. The molecule has 1 atom stereocenters. The lowest BCUT2D eigenvalue weighted by atomic mass is 10.0. The first kappa shape index (κ1) is 22.8. The molecule has 0 spiro atoms. The van der Waals surface area contributed by atoms with Crippen molar-refractivity contribution in [3.63, 3.8) is 0 Å². The lowest BCUT2D eigenvalue weighted by Gasteiger charge is -2.09. The predicted octanol–water partition coefficient (Wildman–Crippen LogP) is 6.54. The number of hydrogen-bond acceptors (Lipinski definition) is 2. The van der Waals surface area contributed by atoms with Crippen LogP contribution in [-0.4, -0.2) is 9.97 Å². The molecule has 2 aromatic rings. The highest BCUT2D eigenvalue weighted by atomic mass is 35.5. The Labute approximate surface area is 167 Å². The molecule has 0 amide bonds. The molecular formula is C22H29ClFN3. The summed E-state index contributed by atoms with van der Waals surface area (Å²) in [7, 11) is 0. The van der Waals surface area contributed by atoms with E-state index >= 15 is 0 Å². The van der Waals surface area contributed by atoms with E-state index in [1.807, 2.05) is 13.0 Å². The molecule has 3 nitrogen and oxygen atoms in total. The standard InChI is InChI=1S/C11H12ClF.C9H15N3.C2H2/c1-11(2)6-8(11)7-3-4-10(13)9(12)5-7;1-6(2)8(4)12-9-10-5-7(3)11-9;1-2/h3-5,8H,6H2,1-2H3;5-6H,4H2,1-3H3,(H2,10,11,12);1-2H/t8-;;/m0../s1. The second-order valence-electron chi connectivity index (χ2n) is 7.64. The van der Waals surface area contributed by atoms with Gasteiger partial charge in [0.05, 0.1) is 5.02 Å². The van der Waals surface area contributed by atoms with Gasteiger partial charge in [0.1, 0.15) is 5.82 Å². The number of nitrogens with one attached hydrogen (secondary N) is 2. The van der Waals surface area contributed by atoms with Crippen LogP contribution < -0.4 is 5.32 Å². The number of aromatic amines is 1. The largest absolute Gasteiger partial charge is 0.330 e. The SMILES string of the molecule is C#C.C=C(Nc1ncc(C)[nH]1)C(C)C.CC1(C)C[C@H]1c1ccc(F)c(Cl)c1. The fourth-order valence-electron chi connectivity index (χ4n) is 2.54. The molecule has 1 saturated carbocycles. The molecule has 5 heteroatoms. The maximum atomic E-state index is 12.8. The van der Waals surface area contributed by atoms with E-state index < -0.39 is 0 Å². The van der Waals surface area contributed by atoms with Gasteiger partial charge < -0.3 is 10.3 Å². The highest BCUT2D eigenvalue weighted by molar-refractivity contribution is 6.30. The van der Waals surface area contributed by atoms with Crippen molar-refractivity contribution in [2.24, 2.45) is 11.3 Å². The Kier molecular flexibility index (Phi) is 8.12. The molecule has 0 radical (unpaired) electrons. The van der Waals surface area contributed by atoms with Crippen molar-refractivity contribution in [3.05, 3.63) is 58.8 Å². The third-order valence-electron chi connectivity index (χ3n) is 4.54. The van der Waals surface area contributed by atoms with Crippen LogP contribution in [-0.2, 0) is 0 Å². The van der Waals surface area contributed by atoms with Gasteiger partial charge in [0, 0.05) is 17.6 Å². The number of terminal acetylenes is 1. The van der Waals surface area contributed by atoms with Crippen molar-refractivity contribution in [2.75, 3.05) is 5.32 Å². The van der Waals surface area contributed by atoms with Gasteiger partial charge in [0.25, 0.3) is 0 Å². The molecule has 1 aliphatic rings. The number of benzene rings is 1. The van der Waals surface area contributed by atoms with Gasteiger partial charge in [0.2, 0.25) is 5.95 Å². The number of rotatable bonds is 4. The van der Waals surface area contributed by atoms with E-state index in [0.717, 1.165) is 22.9 Å². The summed E-state index contributed by atoms with van der Waals surface area (Å²) in [5.41, 5.74) is 3.57. The highest BCUT2D eigenvalue weighted by Crippen LogP contribution is 2.58. The van der Waals surface area contributed by atoms with Crippen LogP contribution in [0.1, 0.15) is 51.3 Å². The second kappa shape index (κ2) is 9.62. The zero-order valence-corrected chi connectivity index (χ0v) is 17.5. The molecule has 0 aliphatic heterocycles. The molecule has 1 heterocycles. The fourth-order valence-corrected chi connectivity index (χ4v) is 2.73. The molecule has 146 valence electrons. The molecule has 0 bridgehead atoms. The molecule has 3 rings (SSSR count). The second-order valence-corrected chi connectivity index (χ2v) is 8.05. The van der Waals surface area contributed by atoms with Crippen molar-refractivity contribution in [1.82, 2.24) is 9.97 Å². The predicted molar refractivity (Wildman–Crippen MR) is 113 cm³/mol. The number of imidazole rings is 1. The molecule has 0 unspecified atom stereocenters. The normalized spacial score (nSPS) is 16.4. The average molecular weight is 390 g/mol. The lowest BCUT2D eigenvalue weighted by Crippen LogP contribution is -2.05. The topological polar surface area (TPSA) is 40.7 Å². The molecule has 0 saturated heterocycles. The van der Waals surface area contributed by atoms with Gasteiger partial charge >= 0.3 is 0 Å². The number of nitrogens with zero attached hydrogens (tertiary/aromatic N) is 1. The maximum absolute atomic E-state index is 12.8. The lowest BCUT2D eigenvalue weighted by molar-refractivity contribution is 0.614. The summed E-state index contributed by atoms with van der Waals surface area (Å²) in [6.45, 7) is 14.5. The van der Waals surface area contributed by atoms with Crippen LogP contribution in [0.25, 0.3) is 0 Å². The number of anilines is 1. The van der Waals surface area contributed by atoms with Crippen LogP contribution in [0.3, 0.4) is 0 Å². The number of aromatic nitrogens is 2. The molecule has 2 N–H and O–H groups in total. The van der Waals surface area contributed by atoms with Crippen molar-refractivity contribution >= 4 is 17.5 Å². The van der Waals surface area contributed by atoms with E-state index in [2.05, 4.69) is 62.4 Å². The van der Waals surface area contributed by atoms with E-state index in [0.29, 0.717) is 17.3 Å². The zero-order valence-electron chi connectivity index (χ0n) is 16.7. The fraction of sp³-hybridized carbons (Fsp3) is 0.409. The first-order valence-corrected chi connectivity index (χ1v) is 9.23. The average Bonchev–Trinajstić information content (AvgIpc) is 3.05. The minimum absolute atomic E-state index is 0.236. The Balaban J connectivity index is 0.000000248. The Hall–Kier alpha value is -2.25. The smallest absolute Gasteiger partial charge is 0.204 e. The van der Waals surface area contributed by atoms with Crippen molar-refractivity contribution in [3.8, 4) is 12.8 Å². The molecular weight excluding hydrogens is 361 g/mol. The van der Waals surface area contributed by atoms with E-state index in [-0.39, 0.29) is 10.8 Å². The minimum Gasteiger partial charge on any atom is -0.330 e. The first-order chi connectivity index (χ1) is 12.6. The zero-order chi connectivity index (χ0) is 20.8. The molecule has 1 aromatic heterocycles. The van der Waals surface area contributed by atoms with E-state index in [1.165, 1.54) is 12.5 Å². The van der Waals surface area contributed by atoms with Gasteiger partial charge in [-0.1, -0.05) is 51.9 Å². The van der Waals surface area contributed by atoms with Gasteiger partial charge in [-0.25, -0.2) is 9.37 Å². The van der Waals surface area contributed by atoms with Gasteiger partial charge in [-0.2, -0.15) is 0 Å². The van der Waals surface area contributed by atoms with Crippen LogP contribution in [0.15, 0.2) is 36.7 Å². The van der Waals surface area contributed by atoms with Crippen LogP contribution in [0.4, 0.5) is 10.3 Å². The molecule has 1 fully saturated rings. The quantitative estimate of drug-likeness (QED) is 0.582. The van der Waals surface area contributed by atoms with Crippen molar-refractivity contribution in [1.29, 1.82) is 0 Å². The van der Waals surface area contributed by atoms with Gasteiger partial charge in [-0.15, -0.1) is 12.8 Å². The Bertz CT molecular complexity index is 790. The van der Waals surface area contributed by atoms with Crippen LogP contribution in [0.2, 0.25) is 5.02 Å². The summed E-state index contributed by atoms with van der Waals surface area (Å²) >= 11 is 5.70.